The van der Waals surface area contributed by atoms with Crippen LogP contribution >= 0.6 is 0 Å². The molecule has 190 valence electrons. The van der Waals surface area contributed by atoms with Crippen LogP contribution in [0.4, 0.5) is 0 Å². The maximum absolute atomic E-state index is 10.1. The highest BCUT2D eigenvalue weighted by atomic mass is 16.4. The largest absolute Gasteiger partial charge is 0.508 e. The molecule has 1 aromatic carbocycles. The number of rotatable bonds is 7. The first-order valence-electron chi connectivity index (χ1n) is 12.5. The van der Waals surface area contributed by atoms with Crippen LogP contribution in [0.2, 0.25) is 0 Å². The first kappa shape index (κ1) is 26.4. The molecule has 1 aliphatic heterocycles. The molecular weight excluding hydrogens is 438 g/mol. The number of aromatic hydroxyl groups is 1. The van der Waals surface area contributed by atoms with Crippen LogP contribution in [0, 0.1) is 11.8 Å². The molecule has 3 aliphatic rings. The van der Waals surface area contributed by atoms with Crippen LogP contribution in [0.15, 0.2) is 18.2 Å². The van der Waals surface area contributed by atoms with E-state index in [1.807, 2.05) is 6.07 Å². The molecule has 1 saturated carbocycles. The van der Waals surface area contributed by atoms with Gasteiger partial charge in [-0.25, -0.2) is 9.59 Å². The summed E-state index contributed by atoms with van der Waals surface area (Å²) >= 11 is 0. The number of likely N-dealkylation sites (tertiary alicyclic amines) is 1. The van der Waals surface area contributed by atoms with Crippen LogP contribution in [0.5, 0.6) is 5.75 Å². The Bertz CT molecular complexity index is 857. The van der Waals surface area contributed by atoms with Crippen molar-refractivity contribution in [3.8, 4) is 5.75 Å². The lowest BCUT2D eigenvalue weighted by molar-refractivity contribution is -0.165. The third-order valence-corrected chi connectivity index (χ3v) is 8.35. The number of phenolic OH excluding ortho intramolecular Hbond substituents is 1. The Labute approximate surface area is 201 Å². The van der Waals surface area contributed by atoms with E-state index >= 15 is 0 Å². The van der Waals surface area contributed by atoms with Gasteiger partial charge in [0, 0.05) is 11.5 Å². The van der Waals surface area contributed by atoms with Gasteiger partial charge in [-0.2, -0.15) is 0 Å². The van der Waals surface area contributed by atoms with Crippen molar-refractivity contribution in [2.24, 2.45) is 11.8 Å². The highest BCUT2D eigenvalue weighted by Crippen LogP contribution is 2.56. The van der Waals surface area contributed by atoms with E-state index in [9.17, 15) is 14.7 Å². The van der Waals surface area contributed by atoms with Crippen molar-refractivity contribution in [3.63, 3.8) is 0 Å². The molecule has 1 aromatic rings. The van der Waals surface area contributed by atoms with Gasteiger partial charge < -0.3 is 25.5 Å². The quantitative estimate of drug-likeness (QED) is 0.404. The number of carboxylic acids is 2. The predicted octanol–water partition coefficient (Wildman–Crippen LogP) is 2.76. The van der Waals surface area contributed by atoms with E-state index in [0.717, 1.165) is 17.9 Å². The minimum atomic E-state index is -2.27. The molecule has 0 radical (unpaired) electrons. The van der Waals surface area contributed by atoms with Crippen molar-refractivity contribution < 1.29 is 35.1 Å². The number of piperidine rings is 1. The van der Waals surface area contributed by atoms with Gasteiger partial charge in [0.1, 0.15) is 5.75 Å². The Morgan fingerprint density at radius 3 is 2.41 bits per heavy atom. The van der Waals surface area contributed by atoms with E-state index in [2.05, 4.69) is 30.9 Å². The molecule has 34 heavy (non-hydrogen) atoms. The third kappa shape index (κ3) is 5.39. The zero-order chi connectivity index (χ0) is 25.0. The van der Waals surface area contributed by atoms with E-state index in [4.69, 9.17) is 20.4 Å². The molecule has 2 bridgehead atoms. The number of phenols is 1. The second-order valence-corrected chi connectivity index (χ2v) is 10.3. The Kier molecular flexibility index (Phi) is 8.60. The molecule has 1 heterocycles. The van der Waals surface area contributed by atoms with Crippen LogP contribution < -0.4 is 0 Å². The van der Waals surface area contributed by atoms with Gasteiger partial charge in [0.2, 0.25) is 0 Å². The number of nitrogens with zero attached hydrogens (tertiary/aromatic N) is 1. The summed E-state index contributed by atoms with van der Waals surface area (Å²) in [6, 6.07) is 6.96. The molecule has 5 N–H and O–H groups in total. The van der Waals surface area contributed by atoms with E-state index < -0.39 is 24.1 Å². The number of fused-ring (bicyclic) bond motifs is 1. The van der Waals surface area contributed by atoms with E-state index in [1.54, 1.807) is 0 Å². The van der Waals surface area contributed by atoms with E-state index in [-0.39, 0.29) is 0 Å². The highest BCUT2D eigenvalue weighted by Gasteiger charge is 2.53. The van der Waals surface area contributed by atoms with Gasteiger partial charge in [0.25, 0.3) is 0 Å². The number of aliphatic hydroxyl groups excluding tert-OH is 2. The molecule has 2 aliphatic carbocycles. The summed E-state index contributed by atoms with van der Waals surface area (Å²) in [5.41, 5.74) is 3.39. The first-order valence-corrected chi connectivity index (χ1v) is 12.5. The maximum Gasteiger partial charge on any atom is 0.335 e. The Hall–Kier alpha value is -2.16. The average molecular weight is 478 g/mol. The van der Waals surface area contributed by atoms with Gasteiger partial charge in [-0.1, -0.05) is 39.2 Å². The SMILES string of the molecule is CCC(C)CCN1CC[C@@]23CCCC[C@H]2[C@@H]1Cc1ccc(O)cc13.O=C(O)[C@H](O)[C@@H](O)C(=O)O. The van der Waals surface area contributed by atoms with Gasteiger partial charge >= 0.3 is 11.9 Å². The normalized spacial score (nSPS) is 28.4. The zero-order valence-electron chi connectivity index (χ0n) is 20.2. The zero-order valence-corrected chi connectivity index (χ0v) is 20.2. The Morgan fingerprint density at radius 2 is 1.79 bits per heavy atom. The van der Waals surface area contributed by atoms with Crippen molar-refractivity contribution in [2.45, 2.75) is 88.9 Å². The van der Waals surface area contributed by atoms with Crippen LogP contribution in [0.25, 0.3) is 0 Å². The lowest BCUT2D eigenvalue weighted by Crippen LogP contribution is -2.61. The summed E-state index contributed by atoms with van der Waals surface area (Å²) in [5, 5.41) is 42.6. The third-order valence-electron chi connectivity index (χ3n) is 8.35. The summed E-state index contributed by atoms with van der Waals surface area (Å²) in [6.45, 7) is 7.25. The van der Waals surface area contributed by atoms with Crippen LogP contribution in [0.1, 0.15) is 69.9 Å². The topological polar surface area (TPSA) is 139 Å². The molecule has 0 amide bonds. The Balaban J connectivity index is 0.000000277. The van der Waals surface area contributed by atoms with Crippen molar-refractivity contribution in [1.82, 2.24) is 4.90 Å². The number of hydrogen-bond donors (Lipinski definition) is 5. The molecule has 8 nitrogen and oxygen atoms in total. The first-order chi connectivity index (χ1) is 16.1. The molecule has 0 spiro atoms. The van der Waals surface area contributed by atoms with Gasteiger partial charge in [0.15, 0.2) is 12.2 Å². The highest BCUT2D eigenvalue weighted by molar-refractivity contribution is 5.83. The smallest absolute Gasteiger partial charge is 0.335 e. The van der Waals surface area contributed by atoms with Crippen molar-refractivity contribution >= 4 is 11.9 Å². The van der Waals surface area contributed by atoms with Crippen molar-refractivity contribution in [3.05, 3.63) is 29.3 Å². The fourth-order valence-electron chi connectivity index (χ4n) is 6.21. The van der Waals surface area contributed by atoms with Gasteiger partial charge in [-0.3, -0.25) is 4.90 Å². The van der Waals surface area contributed by atoms with Gasteiger partial charge in [-0.15, -0.1) is 0 Å². The summed E-state index contributed by atoms with van der Waals surface area (Å²) in [7, 11) is 0. The summed E-state index contributed by atoms with van der Waals surface area (Å²) in [4.78, 5) is 22.4. The molecule has 6 atom stereocenters. The van der Waals surface area contributed by atoms with Crippen LogP contribution in [-0.4, -0.2) is 73.7 Å². The minimum absolute atomic E-state index is 0.363. The number of hydrogen-bond acceptors (Lipinski definition) is 6. The number of aliphatic carboxylic acids is 2. The number of aliphatic hydroxyl groups is 2. The fourth-order valence-corrected chi connectivity index (χ4v) is 6.21. The van der Waals surface area contributed by atoms with Crippen LogP contribution in [-0.2, 0) is 21.4 Å². The average Bonchev–Trinajstić information content (AvgIpc) is 2.83. The minimum Gasteiger partial charge on any atom is -0.508 e. The molecule has 4 rings (SSSR count). The lowest BCUT2D eigenvalue weighted by atomic mass is 9.52. The van der Waals surface area contributed by atoms with Crippen molar-refractivity contribution in [2.75, 3.05) is 13.1 Å². The van der Waals surface area contributed by atoms with Gasteiger partial charge in [0.05, 0.1) is 0 Å². The lowest BCUT2D eigenvalue weighted by Gasteiger charge is -2.59. The predicted molar refractivity (Wildman–Crippen MR) is 127 cm³/mol. The van der Waals surface area contributed by atoms with E-state index in [1.165, 1.54) is 75.6 Å². The van der Waals surface area contributed by atoms with Crippen LogP contribution in [0.3, 0.4) is 0 Å². The monoisotopic (exact) mass is 477 g/mol. The summed E-state index contributed by atoms with van der Waals surface area (Å²) in [6.07, 6.45) is 6.09. The summed E-state index contributed by atoms with van der Waals surface area (Å²) < 4.78 is 0. The molecule has 2 fully saturated rings. The molecule has 1 saturated heterocycles. The Morgan fingerprint density at radius 1 is 1.12 bits per heavy atom. The maximum atomic E-state index is 10.1. The van der Waals surface area contributed by atoms with Gasteiger partial charge in [-0.05, 0) is 80.3 Å². The standard InChI is InChI=1S/C22H33NO.C4H6O6/c1-3-16(2)9-12-23-13-11-22-10-5-4-6-19(22)21(23)14-17-7-8-18(24)15-20(17)22;5-1(3(7)8)2(6)4(9)10/h7-8,15-16,19,21,24H,3-6,9-14H2,1-2H3;1-2,5-6H,(H,7,8)(H,9,10)/t16?,19-,21-,22-;1-,2-/m01/s1. The fraction of sp³-hybridized carbons (Fsp3) is 0.692. The second-order valence-electron chi connectivity index (χ2n) is 10.3. The number of benzene rings is 1. The molecule has 8 heteroatoms. The number of carboxylic acid groups (broad SMARTS) is 2. The summed E-state index contributed by atoms with van der Waals surface area (Å²) in [5.74, 6) is -1.42. The second kappa shape index (κ2) is 11.1. The van der Waals surface area contributed by atoms with E-state index in [0.29, 0.717) is 11.2 Å². The van der Waals surface area contributed by atoms with Crippen molar-refractivity contribution in [1.29, 1.82) is 0 Å². The molecular formula is C26H39NO7. The molecule has 1 unspecified atom stereocenters. The molecule has 0 aromatic heterocycles. The number of carbonyl (C=O) groups is 2.